The van der Waals surface area contributed by atoms with Crippen LogP contribution in [-0.2, 0) is 0 Å². The maximum Gasteiger partial charge on any atom is 0.218 e. The Morgan fingerprint density at radius 1 is 1.40 bits per heavy atom. The molecule has 0 saturated carbocycles. The van der Waals surface area contributed by atoms with Gasteiger partial charge in [-0.25, -0.2) is 9.97 Å². The van der Waals surface area contributed by atoms with E-state index in [1.165, 1.54) is 12.4 Å². The highest BCUT2D eigenvalue weighted by Gasteiger charge is 1.97. The Kier molecular flexibility index (Phi) is 1.80. The average Bonchev–Trinajstić information content (AvgIpc) is 1.88. The fraction of sp³-hybridized carbons (Fsp3) is 0.333. The van der Waals surface area contributed by atoms with Gasteiger partial charge in [0.25, 0.3) is 0 Å². The minimum atomic E-state index is -0.501. The lowest BCUT2D eigenvalue weighted by Gasteiger charge is -2.08. The second kappa shape index (κ2) is 2.60. The van der Waals surface area contributed by atoms with E-state index in [1.807, 2.05) is 0 Å². The van der Waals surface area contributed by atoms with Crippen molar-refractivity contribution >= 4 is 5.82 Å². The molecule has 0 radical (unpaired) electrons. The van der Waals surface area contributed by atoms with Gasteiger partial charge in [0.05, 0.1) is 0 Å². The van der Waals surface area contributed by atoms with Gasteiger partial charge in [-0.2, -0.15) is 4.39 Å². The molecule has 0 spiro atoms. The Hall–Kier alpha value is -1.19. The number of anilines is 1. The predicted octanol–water partition coefficient (Wildman–Crippen LogP) is 0.682. The maximum atomic E-state index is 12.3. The molecule has 1 aromatic heterocycles. The molecule has 54 valence electrons. The van der Waals surface area contributed by atoms with Crippen molar-refractivity contribution in [3.8, 4) is 0 Å². The Morgan fingerprint density at radius 2 is 2.10 bits per heavy atom. The number of hydrogen-bond acceptors (Lipinski definition) is 3. The Labute approximate surface area is 58.5 Å². The maximum absolute atomic E-state index is 12.3. The zero-order chi connectivity index (χ0) is 7.56. The molecule has 0 aliphatic carbocycles. The first-order valence-corrected chi connectivity index (χ1v) is 2.85. The molecule has 0 bridgehead atoms. The summed E-state index contributed by atoms with van der Waals surface area (Å²) in [6, 6.07) is 1.28. The number of halogens is 1. The quantitative estimate of drug-likeness (QED) is 0.538. The topological polar surface area (TPSA) is 29.0 Å². The molecule has 3 nitrogen and oxygen atoms in total. The number of hydrogen-bond donors (Lipinski definition) is 0. The Morgan fingerprint density at radius 3 is 2.50 bits per heavy atom. The molecule has 1 rings (SSSR count). The van der Waals surface area contributed by atoms with Gasteiger partial charge in [0, 0.05) is 20.2 Å². The molecule has 0 saturated heterocycles. The van der Waals surface area contributed by atoms with Gasteiger partial charge < -0.3 is 4.90 Å². The normalized spacial score (nSPS) is 9.50. The first kappa shape index (κ1) is 6.92. The van der Waals surface area contributed by atoms with Crippen molar-refractivity contribution in [1.29, 1.82) is 0 Å². The van der Waals surface area contributed by atoms with E-state index in [0.717, 1.165) is 0 Å². The van der Waals surface area contributed by atoms with Crippen molar-refractivity contribution in [2.75, 3.05) is 19.0 Å². The van der Waals surface area contributed by atoms with Crippen LogP contribution < -0.4 is 4.90 Å². The van der Waals surface area contributed by atoms with E-state index in [1.54, 1.807) is 19.0 Å². The van der Waals surface area contributed by atoms with Crippen LogP contribution >= 0.6 is 0 Å². The molecule has 0 N–H and O–H groups in total. The molecule has 0 amide bonds. The molecule has 0 atom stereocenters. The van der Waals surface area contributed by atoms with E-state index in [0.29, 0.717) is 5.82 Å². The van der Waals surface area contributed by atoms with E-state index < -0.39 is 5.95 Å². The molecule has 4 heteroatoms. The summed E-state index contributed by atoms with van der Waals surface area (Å²) in [7, 11) is 3.59. The number of nitrogens with zero attached hydrogens (tertiary/aromatic N) is 3. The van der Waals surface area contributed by atoms with E-state index in [9.17, 15) is 4.39 Å². The fourth-order valence-corrected chi connectivity index (χ4v) is 0.569. The van der Waals surface area contributed by atoms with Crippen LogP contribution in [0.15, 0.2) is 12.4 Å². The molecule has 1 heterocycles. The highest BCUT2D eigenvalue weighted by atomic mass is 19.1. The summed E-state index contributed by atoms with van der Waals surface area (Å²) in [5, 5.41) is 0. The highest BCUT2D eigenvalue weighted by Crippen LogP contribution is 2.04. The van der Waals surface area contributed by atoms with E-state index in [-0.39, 0.29) is 0 Å². The SMILES string of the molecule is CN(C)c1cc(F)ncn1. The fourth-order valence-electron chi connectivity index (χ4n) is 0.569. The lowest BCUT2D eigenvalue weighted by molar-refractivity contribution is 0.579. The lowest BCUT2D eigenvalue weighted by Crippen LogP contribution is -2.10. The summed E-state index contributed by atoms with van der Waals surface area (Å²) in [4.78, 5) is 8.84. The van der Waals surface area contributed by atoms with Crippen molar-refractivity contribution < 1.29 is 4.39 Å². The van der Waals surface area contributed by atoms with Gasteiger partial charge in [0.15, 0.2) is 0 Å². The van der Waals surface area contributed by atoms with Gasteiger partial charge in [0.2, 0.25) is 5.95 Å². The van der Waals surface area contributed by atoms with Gasteiger partial charge in [-0.3, -0.25) is 0 Å². The third-order valence-electron chi connectivity index (χ3n) is 1.08. The highest BCUT2D eigenvalue weighted by molar-refractivity contribution is 5.33. The Balaban J connectivity index is 2.96. The number of aromatic nitrogens is 2. The summed E-state index contributed by atoms with van der Waals surface area (Å²) >= 11 is 0. The van der Waals surface area contributed by atoms with Crippen molar-refractivity contribution in [1.82, 2.24) is 9.97 Å². The van der Waals surface area contributed by atoms with Gasteiger partial charge in [0.1, 0.15) is 12.1 Å². The van der Waals surface area contributed by atoms with E-state index >= 15 is 0 Å². The first-order valence-electron chi connectivity index (χ1n) is 2.85. The average molecular weight is 141 g/mol. The summed E-state index contributed by atoms with van der Waals surface area (Å²) in [6.45, 7) is 0. The third kappa shape index (κ3) is 1.40. The van der Waals surface area contributed by atoms with Crippen molar-refractivity contribution in [2.45, 2.75) is 0 Å². The van der Waals surface area contributed by atoms with Gasteiger partial charge in [-0.1, -0.05) is 0 Å². The van der Waals surface area contributed by atoms with Crippen LogP contribution in [0.1, 0.15) is 0 Å². The van der Waals surface area contributed by atoms with Crippen LogP contribution in [0.4, 0.5) is 10.2 Å². The largest absolute Gasteiger partial charge is 0.363 e. The smallest absolute Gasteiger partial charge is 0.218 e. The molecule has 1 aromatic rings. The summed E-state index contributed by atoms with van der Waals surface area (Å²) in [5.41, 5.74) is 0. The van der Waals surface area contributed by atoms with E-state index in [2.05, 4.69) is 9.97 Å². The predicted molar refractivity (Wildman–Crippen MR) is 36.3 cm³/mol. The zero-order valence-corrected chi connectivity index (χ0v) is 5.87. The summed E-state index contributed by atoms with van der Waals surface area (Å²) in [5.74, 6) is 0.0752. The molecule has 10 heavy (non-hydrogen) atoms. The zero-order valence-electron chi connectivity index (χ0n) is 5.87. The van der Waals surface area contributed by atoms with Crippen LogP contribution in [0.2, 0.25) is 0 Å². The molecule has 0 aliphatic heterocycles. The monoisotopic (exact) mass is 141 g/mol. The van der Waals surface area contributed by atoms with Crippen molar-refractivity contribution in [2.24, 2.45) is 0 Å². The third-order valence-corrected chi connectivity index (χ3v) is 1.08. The first-order chi connectivity index (χ1) is 4.70. The van der Waals surface area contributed by atoms with Crippen LogP contribution in [0, 0.1) is 5.95 Å². The molecule has 0 aliphatic rings. The molecule has 0 unspecified atom stereocenters. The van der Waals surface area contributed by atoms with Gasteiger partial charge >= 0.3 is 0 Å². The number of rotatable bonds is 1. The van der Waals surface area contributed by atoms with E-state index in [4.69, 9.17) is 0 Å². The van der Waals surface area contributed by atoms with Gasteiger partial charge in [-0.15, -0.1) is 0 Å². The molecule has 0 aromatic carbocycles. The summed E-state index contributed by atoms with van der Waals surface area (Å²) < 4.78 is 12.3. The van der Waals surface area contributed by atoms with Crippen LogP contribution in [0.5, 0.6) is 0 Å². The molecular weight excluding hydrogens is 133 g/mol. The van der Waals surface area contributed by atoms with Crippen LogP contribution in [0.3, 0.4) is 0 Å². The van der Waals surface area contributed by atoms with Crippen molar-refractivity contribution in [3.63, 3.8) is 0 Å². The standard InChI is InChI=1S/C6H8FN3/c1-10(2)6-3-5(7)8-4-9-6/h3-4H,1-2H3. The van der Waals surface area contributed by atoms with Crippen molar-refractivity contribution in [3.05, 3.63) is 18.3 Å². The second-order valence-electron chi connectivity index (χ2n) is 2.09. The molecule has 0 fully saturated rings. The lowest BCUT2D eigenvalue weighted by atomic mass is 10.5. The minimum absolute atomic E-state index is 0.501. The molecular formula is C6H8FN3. The van der Waals surface area contributed by atoms with Crippen LogP contribution in [-0.4, -0.2) is 24.1 Å². The van der Waals surface area contributed by atoms with Crippen LogP contribution in [0.25, 0.3) is 0 Å². The van der Waals surface area contributed by atoms with Gasteiger partial charge in [-0.05, 0) is 0 Å². The minimum Gasteiger partial charge on any atom is -0.363 e. The Bertz CT molecular complexity index is 224. The summed E-state index contributed by atoms with van der Waals surface area (Å²) in [6.07, 6.45) is 1.20. The second-order valence-corrected chi connectivity index (χ2v) is 2.09.